The molecule has 0 aromatic carbocycles. The Morgan fingerprint density at radius 2 is 2.37 bits per heavy atom. The summed E-state index contributed by atoms with van der Waals surface area (Å²) in [5, 5.41) is 28.5. The molecule has 4 atom stereocenters. The molecule has 144 valence electrons. The van der Waals surface area contributed by atoms with E-state index >= 15 is 0 Å². The van der Waals surface area contributed by atoms with Gasteiger partial charge in [0.2, 0.25) is 5.95 Å². The number of aliphatic hydroxyl groups is 2. The number of rotatable bonds is 6. The van der Waals surface area contributed by atoms with Gasteiger partial charge in [0.05, 0.1) is 25.3 Å². The quantitative estimate of drug-likeness (QED) is 0.402. The van der Waals surface area contributed by atoms with Crippen molar-refractivity contribution in [3.8, 4) is 6.07 Å². The fourth-order valence-electron chi connectivity index (χ4n) is 2.74. The molecule has 0 spiro atoms. The number of ether oxygens (including phenoxy) is 2. The van der Waals surface area contributed by atoms with Crippen LogP contribution in [0.4, 0.5) is 5.95 Å². The van der Waals surface area contributed by atoms with E-state index in [4.69, 9.17) is 14.7 Å². The number of H-pyrrole nitrogens is 1. The predicted molar refractivity (Wildman–Crippen MR) is 92.3 cm³/mol. The van der Waals surface area contributed by atoms with Crippen LogP contribution in [0.25, 0.3) is 11.2 Å². The van der Waals surface area contributed by atoms with E-state index in [1.54, 1.807) is 19.0 Å². The molecule has 0 saturated carbocycles. The van der Waals surface area contributed by atoms with Gasteiger partial charge in [-0.25, -0.2) is 9.98 Å². The molecular formula is C15H19N7O5. The third-order valence-corrected chi connectivity index (χ3v) is 3.94. The van der Waals surface area contributed by atoms with E-state index in [0.29, 0.717) is 0 Å². The lowest BCUT2D eigenvalue weighted by atomic mass is 10.1. The van der Waals surface area contributed by atoms with Crippen LogP contribution in [0.2, 0.25) is 0 Å². The van der Waals surface area contributed by atoms with Gasteiger partial charge in [-0.3, -0.25) is 14.3 Å². The van der Waals surface area contributed by atoms with Gasteiger partial charge in [0, 0.05) is 14.1 Å². The summed E-state index contributed by atoms with van der Waals surface area (Å²) < 4.78 is 12.4. The van der Waals surface area contributed by atoms with Crippen molar-refractivity contribution in [3.63, 3.8) is 0 Å². The number of fused-ring (bicyclic) bond motifs is 1. The molecule has 12 nitrogen and oxygen atoms in total. The highest BCUT2D eigenvalue weighted by Crippen LogP contribution is 2.33. The monoisotopic (exact) mass is 377 g/mol. The molecule has 0 radical (unpaired) electrons. The highest BCUT2D eigenvalue weighted by Gasteiger charge is 2.46. The van der Waals surface area contributed by atoms with E-state index in [9.17, 15) is 15.0 Å². The van der Waals surface area contributed by atoms with Crippen LogP contribution in [0, 0.1) is 11.3 Å². The molecule has 2 aromatic heterocycles. The number of nitrogens with one attached hydrogen (secondary N) is 1. The van der Waals surface area contributed by atoms with Gasteiger partial charge in [0.1, 0.15) is 24.9 Å². The van der Waals surface area contributed by atoms with Crippen LogP contribution in [0.5, 0.6) is 0 Å². The van der Waals surface area contributed by atoms with Crippen LogP contribution >= 0.6 is 0 Å². The van der Waals surface area contributed by atoms with E-state index in [-0.39, 0.29) is 23.7 Å². The molecule has 0 unspecified atom stereocenters. The van der Waals surface area contributed by atoms with Gasteiger partial charge in [-0.15, -0.1) is 0 Å². The number of hydrogen-bond acceptors (Lipinski definition) is 9. The third-order valence-electron chi connectivity index (χ3n) is 3.94. The van der Waals surface area contributed by atoms with Crippen LogP contribution < -0.4 is 5.56 Å². The second-order valence-corrected chi connectivity index (χ2v) is 6.09. The molecule has 1 aliphatic heterocycles. The average Bonchev–Trinajstić information content (AvgIpc) is 3.19. The van der Waals surface area contributed by atoms with Gasteiger partial charge < -0.3 is 24.6 Å². The van der Waals surface area contributed by atoms with Crippen molar-refractivity contribution in [1.82, 2.24) is 24.4 Å². The first kappa shape index (κ1) is 18.9. The van der Waals surface area contributed by atoms with E-state index in [1.807, 2.05) is 6.07 Å². The molecule has 3 heterocycles. The Hall–Kier alpha value is -2.85. The topological polar surface area (TPSA) is 162 Å². The standard InChI is InChI=1S/C15H19N7O5/c1-21(2)6-18-15-19-12-9(13(25)20-15)17-7-22(12)14-11(26-4-3-16)10(24)8(5-23)27-14/h6-8,10-11,14,23-24H,4-5H2,1-2H3,(H,19,20,25)/b18-6+/t8-,10-,11-,14-/m1/s1. The minimum atomic E-state index is -1.17. The Balaban J connectivity index is 2.04. The number of hydrogen-bond donors (Lipinski definition) is 3. The lowest BCUT2D eigenvalue weighted by molar-refractivity contribution is -0.0638. The molecule has 3 N–H and O–H groups in total. The molecule has 1 saturated heterocycles. The minimum Gasteiger partial charge on any atom is -0.394 e. The Morgan fingerprint density at radius 3 is 3.04 bits per heavy atom. The number of aromatic nitrogens is 4. The zero-order valence-electron chi connectivity index (χ0n) is 14.7. The zero-order chi connectivity index (χ0) is 19.6. The number of aliphatic hydroxyl groups excluding tert-OH is 2. The smallest absolute Gasteiger partial charge is 0.280 e. The largest absolute Gasteiger partial charge is 0.394 e. The maximum absolute atomic E-state index is 12.2. The van der Waals surface area contributed by atoms with Gasteiger partial charge in [-0.1, -0.05) is 0 Å². The minimum absolute atomic E-state index is 0.0587. The van der Waals surface area contributed by atoms with Gasteiger partial charge in [-0.05, 0) is 0 Å². The summed E-state index contributed by atoms with van der Waals surface area (Å²) in [7, 11) is 3.54. The van der Waals surface area contributed by atoms with Crippen LogP contribution in [-0.2, 0) is 9.47 Å². The van der Waals surface area contributed by atoms with E-state index in [0.717, 1.165) is 0 Å². The zero-order valence-corrected chi connectivity index (χ0v) is 14.7. The number of aliphatic imine (C=N–C) groups is 1. The average molecular weight is 377 g/mol. The molecule has 2 aromatic rings. The molecule has 12 heteroatoms. The van der Waals surface area contributed by atoms with E-state index in [1.165, 1.54) is 17.2 Å². The Kier molecular flexibility index (Phi) is 5.47. The van der Waals surface area contributed by atoms with Crippen molar-refractivity contribution in [2.24, 2.45) is 4.99 Å². The van der Waals surface area contributed by atoms with Crippen LogP contribution in [0.3, 0.4) is 0 Å². The molecule has 1 aliphatic rings. The normalized spacial score (nSPS) is 25.3. The van der Waals surface area contributed by atoms with Crippen molar-refractivity contribution in [1.29, 1.82) is 5.26 Å². The highest BCUT2D eigenvalue weighted by atomic mass is 16.6. The third kappa shape index (κ3) is 3.67. The summed E-state index contributed by atoms with van der Waals surface area (Å²) >= 11 is 0. The molecule has 3 rings (SSSR count). The van der Waals surface area contributed by atoms with Gasteiger partial charge in [0.15, 0.2) is 17.4 Å². The first-order chi connectivity index (χ1) is 13.0. The van der Waals surface area contributed by atoms with Crippen molar-refractivity contribution < 1.29 is 19.7 Å². The summed E-state index contributed by atoms with van der Waals surface area (Å²) in [6.45, 7) is -0.720. The summed E-state index contributed by atoms with van der Waals surface area (Å²) in [6, 6.07) is 1.83. The second-order valence-electron chi connectivity index (χ2n) is 6.09. The van der Waals surface area contributed by atoms with Crippen molar-refractivity contribution in [2.45, 2.75) is 24.5 Å². The van der Waals surface area contributed by atoms with Crippen molar-refractivity contribution >= 4 is 23.5 Å². The molecular weight excluding hydrogens is 358 g/mol. The SMILES string of the molecule is CN(C)/C=N/c1nc2c(ncn2[C@@H]2O[C@H](CO)[C@@H](O)[C@H]2OCC#N)c(=O)[nH]1. The lowest BCUT2D eigenvalue weighted by Crippen LogP contribution is -2.35. The number of nitriles is 1. The van der Waals surface area contributed by atoms with Gasteiger partial charge in [-0.2, -0.15) is 10.2 Å². The second kappa shape index (κ2) is 7.80. The van der Waals surface area contributed by atoms with Crippen LogP contribution in [0.15, 0.2) is 16.1 Å². The van der Waals surface area contributed by atoms with Crippen LogP contribution in [0.1, 0.15) is 6.23 Å². The Labute approximate surface area is 153 Å². The highest BCUT2D eigenvalue weighted by molar-refractivity contribution is 5.71. The number of aromatic amines is 1. The van der Waals surface area contributed by atoms with E-state index in [2.05, 4.69) is 19.9 Å². The van der Waals surface area contributed by atoms with Gasteiger partial charge >= 0.3 is 0 Å². The molecule has 0 aliphatic carbocycles. The van der Waals surface area contributed by atoms with Crippen LogP contribution in [-0.4, -0.2) is 86.6 Å². The first-order valence-electron chi connectivity index (χ1n) is 8.06. The predicted octanol–water partition coefficient (Wildman–Crippen LogP) is -1.50. The summed E-state index contributed by atoms with van der Waals surface area (Å²) in [5.41, 5.74) is -0.259. The van der Waals surface area contributed by atoms with Crippen molar-refractivity contribution in [2.75, 3.05) is 27.3 Å². The Bertz CT molecular complexity index is 931. The fourth-order valence-corrected chi connectivity index (χ4v) is 2.74. The molecule has 0 bridgehead atoms. The van der Waals surface area contributed by atoms with E-state index < -0.39 is 36.7 Å². The summed E-state index contributed by atoms with van der Waals surface area (Å²) in [5.74, 6) is 0.0645. The molecule has 27 heavy (non-hydrogen) atoms. The summed E-state index contributed by atoms with van der Waals surface area (Å²) in [6.07, 6.45) is -1.17. The number of imidazole rings is 1. The first-order valence-corrected chi connectivity index (χ1v) is 8.06. The van der Waals surface area contributed by atoms with Gasteiger partial charge in [0.25, 0.3) is 5.56 Å². The summed E-state index contributed by atoms with van der Waals surface area (Å²) in [4.78, 5) is 28.8. The number of nitrogens with zero attached hydrogens (tertiary/aromatic N) is 6. The molecule has 1 fully saturated rings. The maximum atomic E-state index is 12.2. The maximum Gasteiger partial charge on any atom is 0.280 e. The lowest BCUT2D eigenvalue weighted by Gasteiger charge is -2.20. The Morgan fingerprint density at radius 1 is 1.59 bits per heavy atom. The fraction of sp³-hybridized carbons (Fsp3) is 0.533. The molecule has 0 amide bonds. The van der Waals surface area contributed by atoms with Crippen molar-refractivity contribution in [3.05, 3.63) is 16.7 Å².